The van der Waals surface area contributed by atoms with Gasteiger partial charge in [-0.3, -0.25) is 0 Å². The number of esters is 1. The van der Waals surface area contributed by atoms with Crippen LogP contribution in [-0.2, 0) is 9.53 Å². The Kier molecular flexibility index (Phi) is 6.06. The van der Waals surface area contributed by atoms with E-state index < -0.39 is 18.2 Å². The van der Waals surface area contributed by atoms with Crippen molar-refractivity contribution in [3.05, 3.63) is 23.7 Å². The van der Waals surface area contributed by atoms with E-state index in [-0.39, 0.29) is 24.8 Å². The molecule has 92 valence electrons. The Morgan fingerprint density at radius 3 is 2.69 bits per heavy atom. The van der Waals surface area contributed by atoms with Gasteiger partial charge in [0.15, 0.2) is 0 Å². The van der Waals surface area contributed by atoms with Crippen molar-refractivity contribution in [3.8, 4) is 0 Å². The lowest BCUT2D eigenvalue weighted by Crippen LogP contribution is -2.31. The molecule has 4 nitrogen and oxygen atoms in total. The molecule has 1 heterocycles. The molecule has 0 radical (unpaired) electrons. The van der Waals surface area contributed by atoms with E-state index >= 15 is 0 Å². The average Bonchev–Trinajstić information content (AvgIpc) is 2.63. The van der Waals surface area contributed by atoms with E-state index in [0.29, 0.717) is 5.76 Å². The Morgan fingerprint density at radius 1 is 1.62 bits per heavy atom. The minimum atomic E-state index is -1.89. The van der Waals surface area contributed by atoms with E-state index in [2.05, 4.69) is 4.74 Å². The van der Waals surface area contributed by atoms with Gasteiger partial charge < -0.3 is 14.9 Å². The highest BCUT2D eigenvalue weighted by molar-refractivity contribution is 5.85. The zero-order valence-corrected chi connectivity index (χ0v) is 9.92. The fourth-order valence-corrected chi connectivity index (χ4v) is 1.15. The van der Waals surface area contributed by atoms with Gasteiger partial charge in [-0.15, -0.1) is 12.4 Å². The normalized spacial score (nSPS) is 13.8. The van der Waals surface area contributed by atoms with E-state index in [0.717, 1.165) is 0 Å². The monoisotopic (exact) mass is 251 g/mol. The molecule has 1 aromatic heterocycles. The number of furan rings is 1. The van der Waals surface area contributed by atoms with Gasteiger partial charge in [0, 0.05) is 0 Å². The molecule has 0 saturated heterocycles. The summed E-state index contributed by atoms with van der Waals surface area (Å²) in [6.45, 7) is 3.45. The van der Waals surface area contributed by atoms with Crippen molar-refractivity contribution in [2.75, 3.05) is 6.61 Å². The van der Waals surface area contributed by atoms with Gasteiger partial charge in [0.25, 0.3) is 0 Å². The fraction of sp³-hybridized carbons (Fsp3) is 0.500. The van der Waals surface area contributed by atoms with Crippen LogP contribution in [0.5, 0.6) is 0 Å². The number of alkyl halides is 1. The second-order valence-corrected chi connectivity index (χ2v) is 3.13. The van der Waals surface area contributed by atoms with Crippen LogP contribution in [0, 0.1) is 6.92 Å². The van der Waals surface area contributed by atoms with Gasteiger partial charge in [-0.05, 0) is 26.0 Å². The standard InChI is InChI=1S/C10H14FNO3.ClH/c1-3-14-10(13)8(11)9(12)7-5-4-6(2)15-7;/h4-5,8-9H,3,12H2,1-2H3;1H/t8?,9-;/m0./s1. The molecule has 16 heavy (non-hydrogen) atoms. The molecule has 0 bridgehead atoms. The first-order chi connectivity index (χ1) is 7.06. The van der Waals surface area contributed by atoms with Crippen LogP contribution in [0.25, 0.3) is 0 Å². The van der Waals surface area contributed by atoms with Crippen LogP contribution in [0.2, 0.25) is 0 Å². The lowest BCUT2D eigenvalue weighted by molar-refractivity contribution is -0.150. The number of carbonyl (C=O) groups excluding carboxylic acids is 1. The predicted octanol–water partition coefficient (Wildman–Crippen LogP) is 1.91. The van der Waals surface area contributed by atoms with E-state index in [9.17, 15) is 9.18 Å². The van der Waals surface area contributed by atoms with Crippen LogP contribution < -0.4 is 5.73 Å². The van der Waals surface area contributed by atoms with Crippen molar-refractivity contribution in [2.24, 2.45) is 5.73 Å². The Labute approximate surface area is 99.3 Å². The van der Waals surface area contributed by atoms with Crippen LogP contribution in [0.3, 0.4) is 0 Å². The Bertz CT molecular complexity index is 343. The second-order valence-electron chi connectivity index (χ2n) is 3.13. The van der Waals surface area contributed by atoms with Gasteiger partial charge in [-0.2, -0.15) is 0 Å². The molecular weight excluding hydrogens is 237 g/mol. The molecule has 0 aliphatic carbocycles. The van der Waals surface area contributed by atoms with Gasteiger partial charge in [0.2, 0.25) is 6.17 Å². The Morgan fingerprint density at radius 2 is 2.25 bits per heavy atom. The van der Waals surface area contributed by atoms with Gasteiger partial charge in [0.1, 0.15) is 17.6 Å². The summed E-state index contributed by atoms with van der Waals surface area (Å²) in [4.78, 5) is 11.0. The van der Waals surface area contributed by atoms with E-state index in [4.69, 9.17) is 10.2 Å². The summed E-state index contributed by atoms with van der Waals surface area (Å²) in [5.41, 5.74) is 5.51. The molecule has 0 aromatic carbocycles. The predicted molar refractivity (Wildman–Crippen MR) is 59.2 cm³/mol. The summed E-state index contributed by atoms with van der Waals surface area (Å²) in [6.07, 6.45) is -1.89. The summed E-state index contributed by atoms with van der Waals surface area (Å²) in [5, 5.41) is 0. The summed E-state index contributed by atoms with van der Waals surface area (Å²) in [7, 11) is 0. The van der Waals surface area contributed by atoms with Crippen LogP contribution in [0.1, 0.15) is 24.5 Å². The van der Waals surface area contributed by atoms with Crippen molar-refractivity contribution in [1.29, 1.82) is 0 Å². The summed E-state index contributed by atoms with van der Waals surface area (Å²) >= 11 is 0. The van der Waals surface area contributed by atoms with Crippen LogP contribution in [0.15, 0.2) is 16.5 Å². The highest BCUT2D eigenvalue weighted by atomic mass is 35.5. The first-order valence-corrected chi connectivity index (χ1v) is 4.69. The minimum absolute atomic E-state index is 0. The number of nitrogens with two attached hydrogens (primary N) is 1. The van der Waals surface area contributed by atoms with Crippen LogP contribution in [-0.4, -0.2) is 18.7 Å². The number of aryl methyl sites for hydroxylation is 1. The zero-order chi connectivity index (χ0) is 11.4. The smallest absolute Gasteiger partial charge is 0.342 e. The molecular formula is C10H15ClFNO3. The maximum absolute atomic E-state index is 13.4. The summed E-state index contributed by atoms with van der Waals surface area (Å²) in [6, 6.07) is 2.09. The average molecular weight is 252 g/mol. The molecule has 0 amide bonds. The van der Waals surface area contributed by atoms with Crippen LogP contribution in [0.4, 0.5) is 4.39 Å². The van der Waals surface area contributed by atoms with Crippen molar-refractivity contribution in [2.45, 2.75) is 26.1 Å². The van der Waals surface area contributed by atoms with Gasteiger partial charge in [0.05, 0.1) is 6.61 Å². The maximum atomic E-state index is 13.4. The van der Waals surface area contributed by atoms with Crippen molar-refractivity contribution in [3.63, 3.8) is 0 Å². The molecule has 0 aliphatic heterocycles. The molecule has 0 saturated carbocycles. The van der Waals surface area contributed by atoms with Crippen molar-refractivity contribution >= 4 is 18.4 Å². The van der Waals surface area contributed by atoms with Crippen LogP contribution >= 0.6 is 12.4 Å². The molecule has 6 heteroatoms. The van der Waals surface area contributed by atoms with E-state index in [1.54, 1.807) is 26.0 Å². The lowest BCUT2D eigenvalue weighted by atomic mass is 10.1. The highest BCUT2D eigenvalue weighted by Gasteiger charge is 2.29. The number of rotatable bonds is 4. The highest BCUT2D eigenvalue weighted by Crippen LogP contribution is 2.20. The number of carbonyl (C=O) groups is 1. The van der Waals surface area contributed by atoms with E-state index in [1.807, 2.05) is 0 Å². The fourth-order valence-electron chi connectivity index (χ4n) is 1.15. The lowest BCUT2D eigenvalue weighted by Gasteiger charge is -2.12. The number of hydrogen-bond acceptors (Lipinski definition) is 4. The Balaban J connectivity index is 0.00000225. The zero-order valence-electron chi connectivity index (χ0n) is 9.10. The molecule has 1 rings (SSSR count). The van der Waals surface area contributed by atoms with Crippen molar-refractivity contribution < 1.29 is 18.3 Å². The topological polar surface area (TPSA) is 65.5 Å². The first kappa shape index (κ1) is 14.9. The third-order valence-corrected chi connectivity index (χ3v) is 1.92. The number of halogens is 2. The van der Waals surface area contributed by atoms with E-state index in [1.165, 1.54) is 0 Å². The molecule has 2 atom stereocenters. The third kappa shape index (κ3) is 3.50. The molecule has 1 aromatic rings. The molecule has 0 fully saturated rings. The maximum Gasteiger partial charge on any atom is 0.342 e. The van der Waals surface area contributed by atoms with Gasteiger partial charge in [-0.1, -0.05) is 0 Å². The Hall–Kier alpha value is -1.07. The molecule has 0 spiro atoms. The second kappa shape index (κ2) is 6.50. The third-order valence-electron chi connectivity index (χ3n) is 1.92. The van der Waals surface area contributed by atoms with Gasteiger partial charge >= 0.3 is 5.97 Å². The largest absolute Gasteiger partial charge is 0.465 e. The summed E-state index contributed by atoms with van der Waals surface area (Å²) in [5.74, 6) is -0.0939. The molecule has 1 unspecified atom stereocenters. The van der Waals surface area contributed by atoms with Crippen molar-refractivity contribution in [1.82, 2.24) is 0 Å². The van der Waals surface area contributed by atoms with Gasteiger partial charge in [-0.25, -0.2) is 9.18 Å². The first-order valence-electron chi connectivity index (χ1n) is 4.69. The number of ether oxygens (including phenoxy) is 1. The quantitative estimate of drug-likeness (QED) is 0.831. The summed E-state index contributed by atoms with van der Waals surface area (Å²) < 4.78 is 23.1. The minimum Gasteiger partial charge on any atom is -0.465 e. The number of hydrogen-bond donors (Lipinski definition) is 1. The SMILES string of the molecule is CCOC(=O)C(F)[C@@H](N)c1ccc(C)o1.Cl. The molecule has 2 N–H and O–H groups in total. The molecule has 0 aliphatic rings.